The Morgan fingerprint density at radius 1 is 1.00 bits per heavy atom. The highest BCUT2D eigenvalue weighted by Gasteiger charge is 2.08. The fourth-order valence-electron chi connectivity index (χ4n) is 2.32. The summed E-state index contributed by atoms with van der Waals surface area (Å²) < 4.78 is 0. The number of nitrogens with two attached hydrogens (primary N) is 1. The third-order valence-electron chi connectivity index (χ3n) is 3.27. The minimum Gasteiger partial charge on any atom is -0.325 e. The lowest BCUT2D eigenvalue weighted by Gasteiger charge is -2.07. The molecule has 0 radical (unpaired) electrons. The first kappa shape index (κ1) is 12.7. The Balaban J connectivity index is 2.22. The molecular weight excluding hydrogens is 248 g/mol. The Hall–Kier alpha value is -2.33. The predicted octanol–water partition coefficient (Wildman–Crippen LogP) is 2.77. The molecule has 0 fully saturated rings. The summed E-state index contributed by atoms with van der Waals surface area (Å²) in [7, 11) is 0. The SMILES string of the molecule is Cc1cc(CN)nc(-c2cc(C)c3ccccc3n2)n1. The van der Waals surface area contributed by atoms with Gasteiger partial charge in [-0.3, -0.25) is 0 Å². The molecule has 4 nitrogen and oxygen atoms in total. The minimum atomic E-state index is 0.406. The summed E-state index contributed by atoms with van der Waals surface area (Å²) >= 11 is 0. The number of aromatic nitrogens is 3. The molecular formula is C16H16N4. The van der Waals surface area contributed by atoms with Crippen molar-refractivity contribution < 1.29 is 0 Å². The van der Waals surface area contributed by atoms with Crippen molar-refractivity contribution in [1.82, 2.24) is 15.0 Å². The van der Waals surface area contributed by atoms with E-state index >= 15 is 0 Å². The van der Waals surface area contributed by atoms with E-state index in [1.807, 2.05) is 37.3 Å². The summed E-state index contributed by atoms with van der Waals surface area (Å²) in [5.74, 6) is 0.638. The van der Waals surface area contributed by atoms with Crippen molar-refractivity contribution in [2.75, 3.05) is 0 Å². The summed E-state index contributed by atoms with van der Waals surface area (Å²) in [6.45, 7) is 4.42. The third-order valence-corrected chi connectivity index (χ3v) is 3.27. The molecule has 100 valence electrons. The Kier molecular flexibility index (Phi) is 3.16. The van der Waals surface area contributed by atoms with Gasteiger partial charge in [0.2, 0.25) is 0 Å². The zero-order valence-electron chi connectivity index (χ0n) is 11.6. The van der Waals surface area contributed by atoms with Gasteiger partial charge in [0.05, 0.1) is 11.2 Å². The van der Waals surface area contributed by atoms with Crippen molar-refractivity contribution in [2.24, 2.45) is 5.73 Å². The molecule has 1 aromatic carbocycles. The van der Waals surface area contributed by atoms with Crippen molar-refractivity contribution in [3.05, 3.63) is 53.3 Å². The molecule has 3 rings (SSSR count). The standard InChI is InChI=1S/C16H16N4/c1-10-7-15(20-14-6-4-3-5-13(10)14)16-18-11(2)8-12(9-17)19-16/h3-8H,9,17H2,1-2H3. The monoisotopic (exact) mass is 264 g/mol. The summed E-state index contributed by atoms with van der Waals surface area (Å²) in [5.41, 5.74) is 10.3. The van der Waals surface area contributed by atoms with E-state index in [0.717, 1.165) is 28.0 Å². The van der Waals surface area contributed by atoms with E-state index in [0.29, 0.717) is 12.4 Å². The molecule has 2 heterocycles. The Bertz CT molecular complexity index is 781. The first-order chi connectivity index (χ1) is 9.67. The van der Waals surface area contributed by atoms with Crippen LogP contribution in [-0.2, 0) is 6.54 Å². The predicted molar refractivity (Wildman–Crippen MR) is 80.1 cm³/mol. The van der Waals surface area contributed by atoms with Gasteiger partial charge in [-0.2, -0.15) is 0 Å². The molecule has 2 N–H and O–H groups in total. The van der Waals surface area contributed by atoms with Crippen molar-refractivity contribution in [3.63, 3.8) is 0 Å². The number of hydrogen-bond donors (Lipinski definition) is 1. The van der Waals surface area contributed by atoms with E-state index in [1.165, 1.54) is 5.56 Å². The second kappa shape index (κ2) is 4.98. The molecule has 0 saturated carbocycles. The Morgan fingerprint density at radius 2 is 1.80 bits per heavy atom. The molecule has 0 aliphatic rings. The van der Waals surface area contributed by atoms with Crippen LogP contribution in [0.3, 0.4) is 0 Å². The molecule has 0 bridgehead atoms. The highest BCUT2D eigenvalue weighted by molar-refractivity contribution is 5.84. The molecule has 4 heteroatoms. The van der Waals surface area contributed by atoms with Crippen LogP contribution < -0.4 is 5.73 Å². The molecule has 3 aromatic rings. The molecule has 20 heavy (non-hydrogen) atoms. The molecule has 0 aliphatic carbocycles. The molecule has 0 unspecified atom stereocenters. The average Bonchev–Trinajstić information content (AvgIpc) is 2.46. The highest BCUT2D eigenvalue weighted by atomic mass is 14.9. The fraction of sp³-hybridized carbons (Fsp3) is 0.188. The maximum absolute atomic E-state index is 5.68. The molecule has 0 amide bonds. The lowest BCUT2D eigenvalue weighted by Crippen LogP contribution is -2.04. The van der Waals surface area contributed by atoms with Crippen LogP contribution in [0.15, 0.2) is 36.4 Å². The number of benzene rings is 1. The molecule has 0 aliphatic heterocycles. The minimum absolute atomic E-state index is 0.406. The average molecular weight is 264 g/mol. The van der Waals surface area contributed by atoms with Crippen LogP contribution in [0, 0.1) is 13.8 Å². The van der Waals surface area contributed by atoms with E-state index in [9.17, 15) is 0 Å². The molecule has 0 spiro atoms. The first-order valence-electron chi connectivity index (χ1n) is 6.59. The lowest BCUT2D eigenvalue weighted by molar-refractivity contribution is 0.949. The summed E-state index contributed by atoms with van der Waals surface area (Å²) in [4.78, 5) is 13.6. The summed E-state index contributed by atoms with van der Waals surface area (Å²) in [6, 6.07) is 12.0. The van der Waals surface area contributed by atoms with Crippen LogP contribution in [-0.4, -0.2) is 15.0 Å². The largest absolute Gasteiger partial charge is 0.325 e. The van der Waals surface area contributed by atoms with Crippen molar-refractivity contribution in [1.29, 1.82) is 0 Å². The van der Waals surface area contributed by atoms with E-state index in [4.69, 9.17) is 5.73 Å². The van der Waals surface area contributed by atoms with Crippen molar-refractivity contribution in [2.45, 2.75) is 20.4 Å². The van der Waals surface area contributed by atoms with Crippen LogP contribution in [0.4, 0.5) is 0 Å². The van der Waals surface area contributed by atoms with Crippen LogP contribution in [0.2, 0.25) is 0 Å². The zero-order valence-corrected chi connectivity index (χ0v) is 11.6. The van der Waals surface area contributed by atoms with Gasteiger partial charge in [0.1, 0.15) is 5.69 Å². The second-order valence-electron chi connectivity index (χ2n) is 4.87. The molecule has 0 saturated heterocycles. The normalized spacial score (nSPS) is 10.9. The zero-order chi connectivity index (χ0) is 14.1. The van der Waals surface area contributed by atoms with Gasteiger partial charge in [-0.1, -0.05) is 18.2 Å². The smallest absolute Gasteiger partial charge is 0.178 e. The number of rotatable bonds is 2. The van der Waals surface area contributed by atoms with Gasteiger partial charge in [0, 0.05) is 17.6 Å². The van der Waals surface area contributed by atoms with Gasteiger partial charge in [0.25, 0.3) is 0 Å². The maximum Gasteiger partial charge on any atom is 0.178 e. The van der Waals surface area contributed by atoms with Crippen molar-refractivity contribution >= 4 is 10.9 Å². The van der Waals surface area contributed by atoms with Crippen LogP contribution >= 0.6 is 0 Å². The highest BCUT2D eigenvalue weighted by Crippen LogP contribution is 2.22. The van der Waals surface area contributed by atoms with Gasteiger partial charge in [-0.15, -0.1) is 0 Å². The third kappa shape index (κ3) is 2.26. The van der Waals surface area contributed by atoms with E-state index in [1.54, 1.807) is 0 Å². The van der Waals surface area contributed by atoms with Gasteiger partial charge >= 0.3 is 0 Å². The summed E-state index contributed by atoms with van der Waals surface area (Å²) in [6.07, 6.45) is 0. The maximum atomic E-state index is 5.68. The van der Waals surface area contributed by atoms with Gasteiger partial charge in [0.15, 0.2) is 5.82 Å². The lowest BCUT2D eigenvalue weighted by atomic mass is 10.1. The van der Waals surface area contributed by atoms with Crippen LogP contribution in [0.25, 0.3) is 22.4 Å². The fourth-order valence-corrected chi connectivity index (χ4v) is 2.32. The first-order valence-corrected chi connectivity index (χ1v) is 6.59. The number of pyridine rings is 1. The Labute approximate surface area is 117 Å². The second-order valence-corrected chi connectivity index (χ2v) is 4.87. The van der Waals surface area contributed by atoms with E-state index < -0.39 is 0 Å². The van der Waals surface area contributed by atoms with Crippen LogP contribution in [0.5, 0.6) is 0 Å². The van der Waals surface area contributed by atoms with Gasteiger partial charge < -0.3 is 5.73 Å². The molecule has 0 atom stereocenters. The number of fused-ring (bicyclic) bond motifs is 1. The molecule has 2 aromatic heterocycles. The summed E-state index contributed by atoms with van der Waals surface area (Å²) in [5, 5.41) is 1.16. The van der Waals surface area contributed by atoms with E-state index in [2.05, 4.69) is 27.9 Å². The topological polar surface area (TPSA) is 64.7 Å². The Morgan fingerprint density at radius 3 is 2.60 bits per heavy atom. The number of nitrogens with zero attached hydrogens (tertiary/aromatic N) is 3. The quantitative estimate of drug-likeness (QED) is 0.773. The van der Waals surface area contributed by atoms with Crippen molar-refractivity contribution in [3.8, 4) is 11.5 Å². The van der Waals surface area contributed by atoms with Crippen LogP contribution in [0.1, 0.15) is 17.0 Å². The number of hydrogen-bond acceptors (Lipinski definition) is 4. The van der Waals surface area contributed by atoms with Gasteiger partial charge in [-0.25, -0.2) is 15.0 Å². The van der Waals surface area contributed by atoms with Gasteiger partial charge in [-0.05, 0) is 37.6 Å². The van der Waals surface area contributed by atoms with E-state index in [-0.39, 0.29) is 0 Å². The number of para-hydroxylation sites is 1. The number of aryl methyl sites for hydroxylation is 2.